The fraction of sp³-hybridized carbons (Fsp3) is 0.393. The Morgan fingerprint density at radius 3 is 2.33 bits per heavy atom. The Kier molecular flexibility index (Phi) is 7.59. The van der Waals surface area contributed by atoms with Crippen LogP contribution in [0.2, 0.25) is 0 Å². The van der Waals surface area contributed by atoms with E-state index in [0.29, 0.717) is 21.2 Å². The van der Waals surface area contributed by atoms with E-state index < -0.39 is 11.5 Å². The Labute approximate surface area is 201 Å². The number of hydrogen-bond donors (Lipinski definition) is 0. The minimum atomic E-state index is -1.60. The fourth-order valence-electron chi connectivity index (χ4n) is 4.23. The summed E-state index contributed by atoms with van der Waals surface area (Å²) in [5.41, 5.74) is 2.98. The summed E-state index contributed by atoms with van der Waals surface area (Å²) in [5.74, 6) is 2.24. The quantitative estimate of drug-likeness (QED) is 0.248. The number of nitrogens with zero attached hydrogens (tertiary/aromatic N) is 2. The van der Waals surface area contributed by atoms with Crippen molar-refractivity contribution in [2.75, 3.05) is 18.0 Å². The minimum absolute atomic E-state index is 0.268. The molecule has 0 saturated carbocycles. The molecule has 33 heavy (non-hydrogen) atoms. The number of benzene rings is 2. The van der Waals surface area contributed by atoms with Crippen molar-refractivity contribution in [2.24, 2.45) is 0 Å². The van der Waals surface area contributed by atoms with E-state index in [4.69, 9.17) is 18.6 Å². The first kappa shape index (κ1) is 24.9. The molecular weight excluding hydrogens is 434 g/mol. The maximum Gasteiger partial charge on any atom is 0.130 e. The molecule has 1 aromatic heterocycles. The minimum Gasteiger partial charge on any atom is -0.371 e. The van der Waals surface area contributed by atoms with Gasteiger partial charge >= 0.3 is 0 Å². The number of anilines is 1. The summed E-state index contributed by atoms with van der Waals surface area (Å²) in [6.07, 6.45) is 9.65. The lowest BCUT2D eigenvalue weighted by atomic mass is 9.98. The van der Waals surface area contributed by atoms with Crippen molar-refractivity contribution in [1.29, 1.82) is 0 Å². The maximum absolute atomic E-state index is 15.0. The molecular formula is C28H32F2N2S. The summed E-state index contributed by atoms with van der Waals surface area (Å²) in [7, 11) is 0. The van der Waals surface area contributed by atoms with Gasteiger partial charge in [0.2, 0.25) is 0 Å². The highest BCUT2D eigenvalue weighted by molar-refractivity contribution is 7.71. The van der Waals surface area contributed by atoms with Gasteiger partial charge in [-0.3, -0.25) is 0 Å². The summed E-state index contributed by atoms with van der Waals surface area (Å²) in [6, 6.07) is 8.81. The molecule has 0 atom stereocenters. The first-order valence-corrected chi connectivity index (χ1v) is 11.9. The number of rotatable bonds is 8. The zero-order valence-corrected chi connectivity index (χ0v) is 21.0. The molecule has 0 aliphatic rings. The SMILES string of the molecule is C#Cc1cn(Cc2ccc(C(C)(C)F)cc2F)c2cc(N(CCC)CCC)c(C)cc2c1=S. The third-order valence-corrected chi connectivity index (χ3v) is 6.40. The fourth-order valence-corrected chi connectivity index (χ4v) is 4.50. The van der Waals surface area contributed by atoms with E-state index in [2.05, 4.69) is 43.7 Å². The highest BCUT2D eigenvalue weighted by atomic mass is 32.1. The second-order valence-electron chi connectivity index (χ2n) is 9.07. The van der Waals surface area contributed by atoms with Gasteiger partial charge in [-0.25, -0.2) is 8.78 Å². The van der Waals surface area contributed by atoms with Gasteiger partial charge in [0, 0.05) is 35.9 Å². The van der Waals surface area contributed by atoms with Crippen LogP contribution in [0.3, 0.4) is 0 Å². The van der Waals surface area contributed by atoms with E-state index in [-0.39, 0.29) is 6.54 Å². The number of hydrogen-bond acceptors (Lipinski definition) is 2. The highest BCUT2D eigenvalue weighted by Gasteiger charge is 2.20. The maximum atomic E-state index is 15.0. The summed E-state index contributed by atoms with van der Waals surface area (Å²) >= 11 is 5.69. The van der Waals surface area contributed by atoms with Gasteiger partial charge in [0.25, 0.3) is 0 Å². The van der Waals surface area contributed by atoms with Crippen molar-refractivity contribution < 1.29 is 8.78 Å². The number of terminal acetylenes is 1. The van der Waals surface area contributed by atoms with E-state index >= 15 is 0 Å². The van der Waals surface area contributed by atoms with Crippen molar-refractivity contribution >= 4 is 28.8 Å². The van der Waals surface area contributed by atoms with E-state index in [0.717, 1.165) is 48.1 Å². The number of aryl methyl sites for hydroxylation is 1. The van der Waals surface area contributed by atoms with Crippen LogP contribution in [-0.2, 0) is 12.2 Å². The Bertz CT molecular complexity index is 1260. The molecule has 2 aromatic carbocycles. The summed E-state index contributed by atoms with van der Waals surface area (Å²) in [4.78, 5) is 2.38. The standard InChI is InChI=1S/C28H32F2N2S/c1-7-12-31(13-8-2)25-16-26-23(14-19(25)4)27(33)20(9-3)17-32(26)18-21-10-11-22(15-24(21)29)28(5,6)30/h3,10-11,14-17H,7-8,12-13,18H2,1-2,4-6H3. The van der Waals surface area contributed by atoms with Crippen molar-refractivity contribution in [3.63, 3.8) is 0 Å². The third-order valence-electron chi connectivity index (χ3n) is 5.96. The molecule has 0 N–H and O–H groups in total. The smallest absolute Gasteiger partial charge is 0.130 e. The zero-order valence-electron chi connectivity index (χ0n) is 20.1. The monoisotopic (exact) mass is 466 g/mol. The van der Waals surface area contributed by atoms with Crippen LogP contribution in [0.5, 0.6) is 0 Å². The Morgan fingerprint density at radius 1 is 1.12 bits per heavy atom. The number of aromatic nitrogens is 1. The number of halogens is 2. The molecule has 0 aliphatic carbocycles. The van der Waals surface area contributed by atoms with Crippen molar-refractivity contribution in [3.8, 4) is 12.3 Å². The van der Waals surface area contributed by atoms with Crippen LogP contribution >= 0.6 is 12.2 Å². The molecule has 1 heterocycles. The van der Waals surface area contributed by atoms with Gasteiger partial charge in [-0.05, 0) is 62.9 Å². The molecule has 0 saturated heterocycles. The van der Waals surface area contributed by atoms with E-state index in [1.165, 1.54) is 19.9 Å². The molecule has 3 aromatic rings. The number of fused-ring (bicyclic) bond motifs is 1. The van der Waals surface area contributed by atoms with Gasteiger partial charge in [0.1, 0.15) is 11.5 Å². The van der Waals surface area contributed by atoms with Gasteiger partial charge in [0.05, 0.1) is 22.1 Å². The molecule has 0 bridgehead atoms. The molecule has 0 spiro atoms. The Morgan fingerprint density at radius 2 is 1.79 bits per heavy atom. The largest absolute Gasteiger partial charge is 0.371 e. The van der Waals surface area contributed by atoms with Crippen LogP contribution < -0.4 is 4.90 Å². The van der Waals surface area contributed by atoms with Crippen molar-refractivity contribution in [2.45, 2.75) is 59.7 Å². The second kappa shape index (κ2) is 10.1. The highest BCUT2D eigenvalue weighted by Crippen LogP contribution is 2.31. The zero-order chi connectivity index (χ0) is 24.3. The summed E-state index contributed by atoms with van der Waals surface area (Å²) in [5, 5.41) is 0.886. The lowest BCUT2D eigenvalue weighted by Gasteiger charge is -2.27. The van der Waals surface area contributed by atoms with E-state index in [9.17, 15) is 8.78 Å². The molecule has 0 aliphatic heterocycles. The Hall–Kier alpha value is -2.71. The molecule has 0 fully saturated rings. The van der Waals surface area contributed by atoms with Gasteiger partial charge in [-0.1, -0.05) is 44.1 Å². The molecule has 0 radical (unpaired) electrons. The number of pyridine rings is 1. The topological polar surface area (TPSA) is 8.17 Å². The summed E-state index contributed by atoms with van der Waals surface area (Å²) < 4.78 is 31.8. The van der Waals surface area contributed by atoms with Gasteiger partial charge < -0.3 is 9.47 Å². The molecule has 174 valence electrons. The normalized spacial score (nSPS) is 11.6. The van der Waals surface area contributed by atoms with Crippen LogP contribution in [0.1, 0.15) is 62.8 Å². The van der Waals surface area contributed by atoms with E-state index in [1.807, 2.05) is 10.8 Å². The second-order valence-corrected chi connectivity index (χ2v) is 9.47. The average molecular weight is 467 g/mol. The van der Waals surface area contributed by atoms with Gasteiger partial charge in [-0.2, -0.15) is 0 Å². The molecule has 0 unspecified atom stereocenters. The molecule has 5 heteroatoms. The van der Waals surface area contributed by atoms with Crippen LogP contribution in [0.4, 0.5) is 14.5 Å². The van der Waals surface area contributed by atoms with Crippen molar-refractivity contribution in [3.05, 3.63) is 69.1 Å². The first-order valence-electron chi connectivity index (χ1n) is 11.5. The number of alkyl halides is 1. The van der Waals surface area contributed by atoms with E-state index in [1.54, 1.807) is 12.1 Å². The van der Waals surface area contributed by atoms with Crippen LogP contribution in [0.15, 0.2) is 36.5 Å². The Balaban J connectivity index is 2.20. The predicted molar refractivity (Wildman–Crippen MR) is 138 cm³/mol. The molecule has 0 amide bonds. The van der Waals surface area contributed by atoms with Crippen molar-refractivity contribution in [1.82, 2.24) is 4.57 Å². The third kappa shape index (κ3) is 5.28. The van der Waals surface area contributed by atoms with Crippen LogP contribution in [0.25, 0.3) is 10.9 Å². The average Bonchev–Trinajstić information content (AvgIpc) is 2.76. The summed E-state index contributed by atoms with van der Waals surface area (Å²) in [6.45, 7) is 11.5. The molecule has 2 nitrogen and oxygen atoms in total. The predicted octanol–water partition coefficient (Wildman–Crippen LogP) is 7.68. The lowest BCUT2D eigenvalue weighted by molar-refractivity contribution is 0.220. The first-order chi connectivity index (χ1) is 15.6. The van der Waals surface area contributed by atoms with Crippen LogP contribution in [-0.4, -0.2) is 17.7 Å². The van der Waals surface area contributed by atoms with Crippen LogP contribution in [0, 0.1) is 29.6 Å². The molecule has 3 rings (SSSR count). The van der Waals surface area contributed by atoms with Gasteiger partial charge in [0.15, 0.2) is 0 Å². The van der Waals surface area contributed by atoms with Gasteiger partial charge in [-0.15, -0.1) is 6.42 Å². The lowest BCUT2D eigenvalue weighted by Crippen LogP contribution is -2.25.